The number of methoxy groups -OCH3 is 3. The van der Waals surface area contributed by atoms with Gasteiger partial charge in [0.2, 0.25) is 0 Å². The fourth-order valence-corrected chi connectivity index (χ4v) is 1.90. The molecule has 0 aliphatic rings. The predicted octanol–water partition coefficient (Wildman–Crippen LogP) is 3.10. The van der Waals surface area contributed by atoms with Crippen LogP contribution in [0.4, 0.5) is 0 Å². The van der Waals surface area contributed by atoms with Gasteiger partial charge in [-0.2, -0.15) is 0 Å². The molecule has 1 aromatic rings. The predicted molar refractivity (Wildman–Crippen MR) is 85.9 cm³/mol. The van der Waals surface area contributed by atoms with Crippen LogP contribution in [-0.2, 0) is 23.8 Å². The summed E-state index contributed by atoms with van der Waals surface area (Å²) in [7, 11) is 3.91. The molecule has 1 aromatic carbocycles. The summed E-state index contributed by atoms with van der Waals surface area (Å²) >= 11 is 3.36. The van der Waals surface area contributed by atoms with E-state index in [-0.39, 0.29) is 17.8 Å². The molecule has 0 unspecified atom stereocenters. The maximum Gasteiger partial charge on any atom is 0.338 e. The number of hydrogen-bond acceptors (Lipinski definition) is 5. The lowest BCUT2D eigenvalue weighted by molar-refractivity contribution is -0.143. The van der Waals surface area contributed by atoms with Gasteiger partial charge in [0.25, 0.3) is 0 Å². The van der Waals surface area contributed by atoms with E-state index >= 15 is 0 Å². The highest BCUT2D eigenvalue weighted by atomic mass is 79.9. The number of ether oxygens (including phenoxy) is 3. The standard InChI is InChI=1S/C16H17BrO5/c1-20-14(9-6-11-4-7-12(17)8-5-11)13(16(19)22-3)10-15(18)21-2/h4-9H,10H2,1-3H3/b9-6+,14-13+. The largest absolute Gasteiger partial charge is 0.496 e. The molecule has 0 atom stereocenters. The van der Waals surface area contributed by atoms with Crippen molar-refractivity contribution < 1.29 is 23.8 Å². The molecule has 5 nitrogen and oxygen atoms in total. The summed E-state index contributed by atoms with van der Waals surface area (Å²) in [5, 5.41) is 0. The smallest absolute Gasteiger partial charge is 0.338 e. The van der Waals surface area contributed by atoms with Crippen molar-refractivity contribution in [2.24, 2.45) is 0 Å². The van der Waals surface area contributed by atoms with E-state index in [1.807, 2.05) is 24.3 Å². The fourth-order valence-electron chi connectivity index (χ4n) is 1.64. The van der Waals surface area contributed by atoms with Gasteiger partial charge in [-0.05, 0) is 23.8 Å². The van der Waals surface area contributed by atoms with Crippen molar-refractivity contribution in [1.82, 2.24) is 0 Å². The number of hydrogen-bond donors (Lipinski definition) is 0. The summed E-state index contributed by atoms with van der Waals surface area (Å²) in [6, 6.07) is 7.58. The lowest BCUT2D eigenvalue weighted by atomic mass is 10.1. The van der Waals surface area contributed by atoms with Gasteiger partial charge in [-0.25, -0.2) is 4.79 Å². The monoisotopic (exact) mass is 368 g/mol. The number of esters is 2. The number of carbonyl (C=O) groups excluding carboxylic acids is 2. The maximum atomic E-state index is 11.8. The molecule has 22 heavy (non-hydrogen) atoms. The van der Waals surface area contributed by atoms with Gasteiger partial charge in [0.1, 0.15) is 5.76 Å². The quantitative estimate of drug-likeness (QED) is 0.334. The molecule has 0 heterocycles. The number of allylic oxidation sites excluding steroid dienone is 1. The highest BCUT2D eigenvalue weighted by molar-refractivity contribution is 9.10. The van der Waals surface area contributed by atoms with Crippen LogP contribution >= 0.6 is 15.9 Å². The van der Waals surface area contributed by atoms with Crippen molar-refractivity contribution >= 4 is 33.9 Å². The van der Waals surface area contributed by atoms with Crippen LogP contribution in [0, 0.1) is 0 Å². The highest BCUT2D eigenvalue weighted by Crippen LogP contribution is 2.17. The third-order valence-corrected chi connectivity index (χ3v) is 3.32. The van der Waals surface area contributed by atoms with Crippen LogP contribution in [-0.4, -0.2) is 33.3 Å². The molecule has 118 valence electrons. The van der Waals surface area contributed by atoms with Gasteiger partial charge in [-0.1, -0.05) is 34.1 Å². The number of rotatable bonds is 6. The van der Waals surface area contributed by atoms with Gasteiger partial charge >= 0.3 is 11.9 Å². The van der Waals surface area contributed by atoms with Crippen molar-refractivity contribution in [1.29, 1.82) is 0 Å². The van der Waals surface area contributed by atoms with Crippen LogP contribution in [0.25, 0.3) is 6.08 Å². The second-order valence-corrected chi connectivity index (χ2v) is 5.09. The molecular formula is C16H17BrO5. The molecule has 0 bridgehead atoms. The van der Waals surface area contributed by atoms with Gasteiger partial charge in [0.15, 0.2) is 0 Å². The van der Waals surface area contributed by atoms with Crippen LogP contribution in [0.5, 0.6) is 0 Å². The minimum atomic E-state index is -0.636. The average Bonchev–Trinajstić information content (AvgIpc) is 2.54. The Balaban J connectivity index is 3.11. The van der Waals surface area contributed by atoms with E-state index < -0.39 is 11.9 Å². The Morgan fingerprint density at radius 3 is 2.18 bits per heavy atom. The van der Waals surface area contributed by atoms with E-state index in [1.54, 1.807) is 12.2 Å². The first-order valence-corrected chi connectivity index (χ1v) is 7.17. The zero-order valence-electron chi connectivity index (χ0n) is 12.6. The van der Waals surface area contributed by atoms with Gasteiger partial charge < -0.3 is 14.2 Å². The van der Waals surface area contributed by atoms with Crippen molar-refractivity contribution in [3.63, 3.8) is 0 Å². The minimum Gasteiger partial charge on any atom is -0.496 e. The first-order chi connectivity index (χ1) is 10.5. The lowest BCUT2D eigenvalue weighted by Crippen LogP contribution is -2.13. The first kappa shape index (κ1) is 18.0. The summed E-state index contributed by atoms with van der Waals surface area (Å²) in [5.74, 6) is -0.935. The van der Waals surface area contributed by atoms with Gasteiger partial charge in [-0.15, -0.1) is 0 Å². The Hall–Kier alpha value is -2.08. The van der Waals surface area contributed by atoms with Crippen LogP contribution < -0.4 is 0 Å². The summed E-state index contributed by atoms with van der Waals surface area (Å²) in [6.07, 6.45) is 3.15. The number of carbonyl (C=O) groups is 2. The molecule has 0 amide bonds. The lowest BCUT2D eigenvalue weighted by Gasteiger charge is -2.09. The van der Waals surface area contributed by atoms with Crippen molar-refractivity contribution in [3.05, 3.63) is 51.7 Å². The zero-order chi connectivity index (χ0) is 16.5. The molecule has 0 saturated heterocycles. The Bertz CT molecular complexity index is 587. The number of benzene rings is 1. The molecule has 0 saturated carbocycles. The molecule has 0 spiro atoms. The zero-order valence-corrected chi connectivity index (χ0v) is 14.2. The van der Waals surface area contributed by atoms with Crippen LogP contribution in [0.1, 0.15) is 12.0 Å². The maximum absolute atomic E-state index is 11.8. The Morgan fingerprint density at radius 1 is 1.05 bits per heavy atom. The third kappa shape index (κ3) is 5.37. The first-order valence-electron chi connectivity index (χ1n) is 6.37. The Morgan fingerprint density at radius 2 is 1.68 bits per heavy atom. The second-order valence-electron chi connectivity index (χ2n) is 4.18. The molecule has 1 rings (SSSR count). The van der Waals surface area contributed by atoms with Gasteiger partial charge in [0, 0.05) is 4.47 Å². The van der Waals surface area contributed by atoms with Gasteiger partial charge in [0.05, 0.1) is 33.3 Å². The molecule has 6 heteroatoms. The van der Waals surface area contributed by atoms with Crippen molar-refractivity contribution in [2.75, 3.05) is 21.3 Å². The Kier molecular flexibility index (Phi) is 7.39. The third-order valence-electron chi connectivity index (χ3n) is 2.80. The molecule has 0 aliphatic carbocycles. The van der Waals surface area contributed by atoms with Crippen LogP contribution in [0.15, 0.2) is 46.1 Å². The van der Waals surface area contributed by atoms with E-state index in [0.29, 0.717) is 0 Å². The molecule has 0 fully saturated rings. The SMILES string of the molecule is COC(=O)C/C(C(=O)OC)=C(/C=C/c1ccc(Br)cc1)OC. The molecule has 0 aromatic heterocycles. The molecular weight excluding hydrogens is 352 g/mol. The Labute approximate surface area is 137 Å². The number of halogens is 1. The second kappa shape index (κ2) is 9.04. The van der Waals surface area contributed by atoms with Crippen molar-refractivity contribution in [3.8, 4) is 0 Å². The van der Waals surface area contributed by atoms with Gasteiger partial charge in [-0.3, -0.25) is 4.79 Å². The molecule has 0 aliphatic heterocycles. The summed E-state index contributed by atoms with van der Waals surface area (Å²) in [6.45, 7) is 0. The van der Waals surface area contributed by atoms with Crippen LogP contribution in [0.2, 0.25) is 0 Å². The minimum absolute atomic E-state index is 0.102. The highest BCUT2D eigenvalue weighted by Gasteiger charge is 2.19. The normalized spacial score (nSPS) is 11.8. The van der Waals surface area contributed by atoms with Crippen LogP contribution in [0.3, 0.4) is 0 Å². The van der Waals surface area contributed by atoms with Crippen molar-refractivity contribution in [2.45, 2.75) is 6.42 Å². The molecule has 0 radical (unpaired) electrons. The van der Waals surface area contributed by atoms with E-state index in [9.17, 15) is 9.59 Å². The topological polar surface area (TPSA) is 61.8 Å². The van der Waals surface area contributed by atoms with E-state index in [4.69, 9.17) is 4.74 Å². The molecule has 0 N–H and O–H groups in total. The summed E-state index contributed by atoms with van der Waals surface area (Å²) < 4.78 is 15.4. The summed E-state index contributed by atoms with van der Waals surface area (Å²) in [5.41, 5.74) is 1.02. The van der Waals surface area contributed by atoms with E-state index in [0.717, 1.165) is 10.0 Å². The average molecular weight is 369 g/mol. The summed E-state index contributed by atoms with van der Waals surface area (Å²) in [4.78, 5) is 23.2. The fraction of sp³-hybridized carbons (Fsp3) is 0.250. The van der Waals surface area contributed by atoms with E-state index in [1.165, 1.54) is 21.3 Å². The van der Waals surface area contributed by atoms with E-state index in [2.05, 4.69) is 25.4 Å².